The van der Waals surface area contributed by atoms with E-state index in [1.807, 2.05) is 35.2 Å². The molecule has 0 unspecified atom stereocenters. The lowest BCUT2D eigenvalue weighted by Crippen LogP contribution is -2.49. The molecule has 36 heavy (non-hydrogen) atoms. The number of anilines is 1. The van der Waals surface area contributed by atoms with E-state index in [2.05, 4.69) is 43.9 Å². The van der Waals surface area contributed by atoms with Crippen LogP contribution in [0.25, 0.3) is 5.57 Å². The number of hydrogen-bond acceptors (Lipinski definition) is 3. The van der Waals surface area contributed by atoms with E-state index in [4.69, 9.17) is 0 Å². The molecule has 5 heteroatoms. The highest BCUT2D eigenvalue weighted by Gasteiger charge is 2.46. The molecule has 0 spiro atoms. The Labute approximate surface area is 214 Å². The van der Waals surface area contributed by atoms with E-state index in [-0.39, 0.29) is 16.7 Å². The maximum Gasteiger partial charge on any atom is 0.335 e. The molecule has 2 aliphatic heterocycles. The van der Waals surface area contributed by atoms with Crippen molar-refractivity contribution in [2.75, 3.05) is 31.1 Å². The van der Waals surface area contributed by atoms with Gasteiger partial charge in [0.1, 0.15) is 0 Å². The number of fused-ring (bicyclic) bond motifs is 1. The maximum absolute atomic E-state index is 13.8. The van der Waals surface area contributed by atoms with Crippen LogP contribution in [-0.2, 0) is 0 Å². The summed E-state index contributed by atoms with van der Waals surface area (Å²) in [5, 5.41) is 9.26. The number of carbonyl (C=O) groups is 2. The fraction of sp³-hybridized carbons (Fsp3) is 0.419. The molecule has 0 bridgehead atoms. The molecule has 5 rings (SSSR count). The summed E-state index contributed by atoms with van der Waals surface area (Å²) < 4.78 is 0. The molecule has 2 heterocycles. The molecule has 3 aliphatic rings. The quantitative estimate of drug-likeness (QED) is 0.519. The van der Waals surface area contributed by atoms with Crippen LogP contribution in [0, 0.1) is 10.8 Å². The van der Waals surface area contributed by atoms with Crippen LogP contribution in [0.2, 0.25) is 0 Å². The van der Waals surface area contributed by atoms with Gasteiger partial charge < -0.3 is 14.9 Å². The first-order valence-corrected chi connectivity index (χ1v) is 13.1. The molecule has 1 saturated heterocycles. The minimum atomic E-state index is -0.910. The molecule has 1 N–H and O–H groups in total. The number of carboxylic acids is 1. The summed E-state index contributed by atoms with van der Waals surface area (Å²) in [6.07, 6.45) is 9.03. The topological polar surface area (TPSA) is 60.9 Å². The first kappa shape index (κ1) is 24.4. The number of piperidine rings is 1. The number of para-hydroxylation sites is 1. The molecule has 0 aromatic heterocycles. The van der Waals surface area contributed by atoms with Crippen molar-refractivity contribution in [3.63, 3.8) is 0 Å². The van der Waals surface area contributed by atoms with E-state index < -0.39 is 5.97 Å². The summed E-state index contributed by atoms with van der Waals surface area (Å²) in [5.41, 5.74) is 5.47. The van der Waals surface area contributed by atoms with Gasteiger partial charge in [0.15, 0.2) is 0 Å². The van der Waals surface area contributed by atoms with Gasteiger partial charge in [-0.05, 0) is 61.1 Å². The Hall–Kier alpha value is -3.34. The van der Waals surface area contributed by atoms with Gasteiger partial charge in [0, 0.05) is 42.7 Å². The Morgan fingerprint density at radius 3 is 2.28 bits per heavy atom. The summed E-state index contributed by atoms with van der Waals surface area (Å²) in [5.74, 6) is -0.794. The Balaban J connectivity index is 1.41. The average Bonchev–Trinajstić information content (AvgIpc) is 2.88. The van der Waals surface area contributed by atoms with Gasteiger partial charge in [0.2, 0.25) is 0 Å². The van der Waals surface area contributed by atoms with E-state index >= 15 is 0 Å². The van der Waals surface area contributed by atoms with Crippen molar-refractivity contribution in [3.05, 3.63) is 82.9 Å². The highest BCUT2D eigenvalue weighted by atomic mass is 16.4. The number of carbonyl (C=O) groups excluding carboxylic acids is 1. The van der Waals surface area contributed by atoms with E-state index in [9.17, 15) is 14.7 Å². The van der Waals surface area contributed by atoms with Crippen molar-refractivity contribution >= 4 is 23.1 Å². The zero-order valence-electron chi connectivity index (χ0n) is 21.6. The lowest BCUT2D eigenvalue weighted by atomic mass is 9.58. The van der Waals surface area contributed by atoms with Crippen LogP contribution in [0.1, 0.15) is 72.7 Å². The molecule has 0 saturated carbocycles. The fourth-order valence-corrected chi connectivity index (χ4v) is 6.59. The van der Waals surface area contributed by atoms with E-state index in [1.165, 1.54) is 30.4 Å². The number of benzene rings is 2. The van der Waals surface area contributed by atoms with Gasteiger partial charge in [0.05, 0.1) is 11.1 Å². The van der Waals surface area contributed by atoms with Crippen molar-refractivity contribution in [3.8, 4) is 0 Å². The lowest BCUT2D eigenvalue weighted by molar-refractivity contribution is 0.0679. The monoisotopic (exact) mass is 484 g/mol. The van der Waals surface area contributed by atoms with E-state index in [0.29, 0.717) is 18.7 Å². The summed E-state index contributed by atoms with van der Waals surface area (Å²) in [7, 11) is 0. The summed E-state index contributed by atoms with van der Waals surface area (Å²) in [6.45, 7) is 10.1. The van der Waals surface area contributed by atoms with Crippen molar-refractivity contribution in [1.82, 2.24) is 4.90 Å². The van der Waals surface area contributed by atoms with Crippen LogP contribution in [0.3, 0.4) is 0 Å². The van der Waals surface area contributed by atoms with Crippen molar-refractivity contribution in [2.45, 2.75) is 46.5 Å². The minimum absolute atomic E-state index is 0.115. The highest BCUT2D eigenvalue weighted by molar-refractivity contribution is 6.00. The number of hydrogen-bond donors (Lipinski definition) is 1. The second-order valence-corrected chi connectivity index (χ2v) is 11.3. The summed E-state index contributed by atoms with van der Waals surface area (Å²) in [4.78, 5) is 29.5. The highest BCUT2D eigenvalue weighted by Crippen LogP contribution is 2.55. The molecule has 188 valence electrons. The molecule has 0 radical (unpaired) electrons. The molecular weight excluding hydrogens is 448 g/mol. The van der Waals surface area contributed by atoms with Crippen molar-refractivity contribution in [2.24, 2.45) is 10.8 Å². The third-order valence-electron chi connectivity index (χ3n) is 8.37. The SMILES string of the molecule is CC1(C)C(c2ccc(C(=O)O)cc2)=CC[C@]2(C)CN(C(=O)c3ccccc3N3CCCCC3)CC=C12. The van der Waals surface area contributed by atoms with Gasteiger partial charge in [-0.3, -0.25) is 4.79 Å². The minimum Gasteiger partial charge on any atom is -0.478 e. The Morgan fingerprint density at radius 2 is 1.58 bits per heavy atom. The molecule has 1 amide bonds. The van der Waals surface area contributed by atoms with Crippen LogP contribution >= 0.6 is 0 Å². The Morgan fingerprint density at radius 1 is 0.889 bits per heavy atom. The molecule has 1 aliphatic carbocycles. The number of allylic oxidation sites excluding steroid dienone is 2. The number of nitrogens with zero attached hydrogens (tertiary/aromatic N) is 2. The molecule has 1 atom stereocenters. The zero-order chi connectivity index (χ0) is 25.5. The number of carboxylic acid groups (broad SMARTS) is 1. The van der Waals surface area contributed by atoms with Gasteiger partial charge in [-0.25, -0.2) is 4.79 Å². The first-order valence-electron chi connectivity index (χ1n) is 13.1. The number of rotatable bonds is 4. The Kier molecular flexibility index (Phi) is 6.27. The Bertz CT molecular complexity index is 1230. The number of aromatic carboxylic acids is 1. The standard InChI is InChI=1S/C31H36N2O3/c1-30(2)25(22-11-13-23(14-12-22)29(35)36)15-17-31(3)21-33(20-16-27(30)31)28(34)24-9-5-6-10-26(24)32-18-7-4-8-19-32/h5-6,9-16H,4,7-8,17-21H2,1-3H3,(H,35,36)/t31-/m1/s1. The second-order valence-electron chi connectivity index (χ2n) is 11.3. The third-order valence-corrected chi connectivity index (χ3v) is 8.37. The van der Waals surface area contributed by atoms with Crippen LogP contribution in [0.15, 0.2) is 66.3 Å². The summed E-state index contributed by atoms with van der Waals surface area (Å²) >= 11 is 0. The normalized spacial score (nSPS) is 23.4. The van der Waals surface area contributed by atoms with Crippen LogP contribution in [0.4, 0.5) is 5.69 Å². The fourth-order valence-electron chi connectivity index (χ4n) is 6.59. The molecule has 2 aromatic carbocycles. The van der Waals surface area contributed by atoms with Gasteiger partial charge in [-0.2, -0.15) is 0 Å². The van der Waals surface area contributed by atoms with Crippen LogP contribution < -0.4 is 4.90 Å². The number of amides is 1. The average molecular weight is 485 g/mol. The van der Waals surface area contributed by atoms with E-state index in [0.717, 1.165) is 36.3 Å². The smallest absolute Gasteiger partial charge is 0.335 e. The molecule has 2 aromatic rings. The molecule has 5 nitrogen and oxygen atoms in total. The van der Waals surface area contributed by atoms with Gasteiger partial charge in [0.25, 0.3) is 5.91 Å². The van der Waals surface area contributed by atoms with E-state index in [1.54, 1.807) is 12.1 Å². The van der Waals surface area contributed by atoms with Crippen LogP contribution in [-0.4, -0.2) is 48.1 Å². The van der Waals surface area contributed by atoms with Crippen LogP contribution in [0.5, 0.6) is 0 Å². The largest absolute Gasteiger partial charge is 0.478 e. The van der Waals surface area contributed by atoms with Gasteiger partial charge >= 0.3 is 5.97 Å². The molecular formula is C31H36N2O3. The first-order chi connectivity index (χ1) is 17.2. The maximum atomic E-state index is 13.8. The van der Waals surface area contributed by atoms with Gasteiger partial charge in [-0.1, -0.05) is 62.8 Å². The summed E-state index contributed by atoms with van der Waals surface area (Å²) in [6, 6.07) is 15.3. The third kappa shape index (κ3) is 4.25. The predicted molar refractivity (Wildman–Crippen MR) is 144 cm³/mol. The van der Waals surface area contributed by atoms with Gasteiger partial charge in [-0.15, -0.1) is 0 Å². The predicted octanol–water partition coefficient (Wildman–Crippen LogP) is 6.28. The zero-order valence-corrected chi connectivity index (χ0v) is 21.6. The second kappa shape index (κ2) is 9.27. The molecule has 1 fully saturated rings. The van der Waals surface area contributed by atoms with Crippen molar-refractivity contribution in [1.29, 1.82) is 0 Å². The lowest BCUT2D eigenvalue weighted by Gasteiger charge is -2.50. The van der Waals surface area contributed by atoms with Crippen molar-refractivity contribution < 1.29 is 14.7 Å².